The molecule has 0 aliphatic carbocycles. The van der Waals surface area contributed by atoms with Crippen LogP contribution in [0.3, 0.4) is 0 Å². The van der Waals surface area contributed by atoms with Crippen LogP contribution >= 0.6 is 15.9 Å². The van der Waals surface area contributed by atoms with Gasteiger partial charge in [-0.05, 0) is 48.9 Å². The maximum atomic E-state index is 13.8. The Labute approximate surface area is 123 Å². The van der Waals surface area contributed by atoms with E-state index in [0.717, 1.165) is 12.1 Å². The lowest BCUT2D eigenvalue weighted by Gasteiger charge is -2.17. The van der Waals surface area contributed by atoms with Crippen molar-refractivity contribution in [3.63, 3.8) is 0 Å². The standard InChI is InChI=1S/C15H13BrF3N/c1-20-15(10-3-5-12(17)14(19)6-10)7-9-2-4-11(16)8-13(9)18/h2-6,8,15,20H,7H2,1H3. The molecular weight excluding hydrogens is 331 g/mol. The minimum atomic E-state index is -0.904. The first kappa shape index (κ1) is 15.1. The van der Waals surface area contributed by atoms with Gasteiger partial charge in [-0.25, -0.2) is 13.2 Å². The van der Waals surface area contributed by atoms with E-state index in [0.29, 0.717) is 22.0 Å². The lowest BCUT2D eigenvalue weighted by molar-refractivity contribution is 0.499. The molecule has 0 saturated heterocycles. The van der Waals surface area contributed by atoms with E-state index in [1.54, 1.807) is 19.2 Å². The Bertz CT molecular complexity index is 616. The van der Waals surface area contributed by atoms with E-state index in [1.807, 2.05) is 0 Å². The maximum Gasteiger partial charge on any atom is 0.159 e. The number of nitrogens with one attached hydrogen (secondary N) is 1. The van der Waals surface area contributed by atoms with Gasteiger partial charge in [-0.15, -0.1) is 0 Å². The van der Waals surface area contributed by atoms with E-state index in [4.69, 9.17) is 0 Å². The largest absolute Gasteiger partial charge is 0.313 e. The van der Waals surface area contributed by atoms with Crippen molar-refractivity contribution in [3.8, 4) is 0 Å². The number of hydrogen-bond donors (Lipinski definition) is 1. The van der Waals surface area contributed by atoms with Crippen molar-refractivity contribution < 1.29 is 13.2 Å². The first-order chi connectivity index (χ1) is 9.51. The van der Waals surface area contributed by atoms with E-state index in [1.165, 1.54) is 12.1 Å². The second-order valence-corrected chi connectivity index (χ2v) is 5.37. The molecule has 0 aromatic heterocycles. The third kappa shape index (κ3) is 3.41. The number of halogens is 4. The van der Waals surface area contributed by atoms with Crippen LogP contribution in [0.15, 0.2) is 40.9 Å². The van der Waals surface area contributed by atoms with Crippen LogP contribution in [0.2, 0.25) is 0 Å². The monoisotopic (exact) mass is 343 g/mol. The molecular formula is C15H13BrF3N. The molecule has 0 bridgehead atoms. The quantitative estimate of drug-likeness (QED) is 0.869. The molecule has 1 atom stereocenters. The summed E-state index contributed by atoms with van der Waals surface area (Å²) in [4.78, 5) is 0. The molecule has 1 nitrogen and oxygen atoms in total. The molecule has 2 aromatic carbocycles. The SMILES string of the molecule is CNC(Cc1ccc(Br)cc1F)c1ccc(F)c(F)c1. The minimum absolute atomic E-state index is 0.291. The molecule has 0 aliphatic rings. The van der Waals surface area contributed by atoms with Gasteiger partial charge in [-0.3, -0.25) is 0 Å². The third-order valence-electron chi connectivity index (χ3n) is 3.13. The molecule has 1 N–H and O–H groups in total. The summed E-state index contributed by atoms with van der Waals surface area (Å²) in [6.07, 6.45) is 0.348. The van der Waals surface area contributed by atoms with E-state index in [-0.39, 0.29) is 11.9 Å². The zero-order valence-electron chi connectivity index (χ0n) is 10.8. The van der Waals surface area contributed by atoms with Crippen LogP contribution in [0.25, 0.3) is 0 Å². The first-order valence-electron chi connectivity index (χ1n) is 6.07. The number of benzene rings is 2. The predicted octanol–water partition coefficient (Wildman–Crippen LogP) is 4.37. The molecule has 106 valence electrons. The highest BCUT2D eigenvalue weighted by Crippen LogP contribution is 2.23. The molecule has 20 heavy (non-hydrogen) atoms. The fraction of sp³-hybridized carbons (Fsp3) is 0.200. The van der Waals surface area contributed by atoms with Crippen LogP contribution in [-0.2, 0) is 6.42 Å². The lowest BCUT2D eigenvalue weighted by atomic mass is 9.98. The molecule has 0 radical (unpaired) electrons. The molecule has 5 heteroatoms. The number of rotatable bonds is 4. The summed E-state index contributed by atoms with van der Waals surface area (Å²) < 4.78 is 40.7. The highest BCUT2D eigenvalue weighted by Gasteiger charge is 2.15. The summed E-state index contributed by atoms with van der Waals surface area (Å²) in [6.45, 7) is 0. The van der Waals surface area contributed by atoms with E-state index in [2.05, 4.69) is 21.2 Å². The minimum Gasteiger partial charge on any atom is -0.313 e. The molecule has 1 unspecified atom stereocenters. The van der Waals surface area contributed by atoms with Crippen LogP contribution in [0.5, 0.6) is 0 Å². The molecule has 0 aliphatic heterocycles. The normalized spacial score (nSPS) is 12.4. The van der Waals surface area contributed by atoms with Gasteiger partial charge in [0.1, 0.15) is 5.82 Å². The average Bonchev–Trinajstić information content (AvgIpc) is 2.41. The van der Waals surface area contributed by atoms with Gasteiger partial charge < -0.3 is 5.32 Å². The molecule has 0 amide bonds. The molecule has 0 spiro atoms. The lowest BCUT2D eigenvalue weighted by Crippen LogP contribution is -2.19. The van der Waals surface area contributed by atoms with Crippen LogP contribution in [0, 0.1) is 17.5 Å². The highest BCUT2D eigenvalue weighted by atomic mass is 79.9. The fourth-order valence-electron chi connectivity index (χ4n) is 2.02. The highest BCUT2D eigenvalue weighted by molar-refractivity contribution is 9.10. The van der Waals surface area contributed by atoms with E-state index < -0.39 is 11.6 Å². The van der Waals surface area contributed by atoms with Crippen LogP contribution < -0.4 is 5.32 Å². The Hall–Kier alpha value is -1.33. The number of likely N-dealkylation sites (N-methyl/N-ethyl adjacent to an activating group) is 1. The van der Waals surface area contributed by atoms with Crippen LogP contribution in [-0.4, -0.2) is 7.05 Å². The van der Waals surface area contributed by atoms with Crippen molar-refractivity contribution in [2.24, 2.45) is 0 Å². The molecule has 0 fully saturated rings. The van der Waals surface area contributed by atoms with Crippen LogP contribution in [0.1, 0.15) is 17.2 Å². The molecule has 0 saturated carbocycles. The Kier molecular flexibility index (Phi) is 4.83. The van der Waals surface area contributed by atoms with Crippen molar-refractivity contribution in [1.82, 2.24) is 5.32 Å². The van der Waals surface area contributed by atoms with Gasteiger partial charge >= 0.3 is 0 Å². The predicted molar refractivity (Wildman–Crippen MR) is 76.0 cm³/mol. The summed E-state index contributed by atoms with van der Waals surface area (Å²) in [6, 6.07) is 8.21. The van der Waals surface area contributed by atoms with Crippen LogP contribution in [0.4, 0.5) is 13.2 Å². The molecule has 2 rings (SSSR count). The smallest absolute Gasteiger partial charge is 0.159 e. The summed E-state index contributed by atoms with van der Waals surface area (Å²) in [7, 11) is 1.70. The zero-order chi connectivity index (χ0) is 14.7. The summed E-state index contributed by atoms with van der Waals surface area (Å²) in [5, 5.41) is 2.99. The molecule has 0 heterocycles. The first-order valence-corrected chi connectivity index (χ1v) is 6.86. The van der Waals surface area contributed by atoms with Gasteiger partial charge in [-0.1, -0.05) is 28.1 Å². The van der Waals surface area contributed by atoms with Gasteiger partial charge in [-0.2, -0.15) is 0 Å². The Balaban J connectivity index is 2.26. The Morgan fingerprint density at radius 1 is 1.00 bits per heavy atom. The second-order valence-electron chi connectivity index (χ2n) is 4.45. The maximum absolute atomic E-state index is 13.8. The van der Waals surface area contributed by atoms with E-state index in [9.17, 15) is 13.2 Å². The average molecular weight is 344 g/mol. The van der Waals surface area contributed by atoms with Gasteiger partial charge in [0.15, 0.2) is 11.6 Å². The Morgan fingerprint density at radius 3 is 2.35 bits per heavy atom. The second kappa shape index (κ2) is 6.41. The van der Waals surface area contributed by atoms with Gasteiger partial charge in [0.05, 0.1) is 0 Å². The number of hydrogen-bond acceptors (Lipinski definition) is 1. The van der Waals surface area contributed by atoms with Crippen molar-refractivity contribution in [3.05, 3.63) is 69.4 Å². The van der Waals surface area contributed by atoms with Crippen molar-refractivity contribution in [1.29, 1.82) is 0 Å². The topological polar surface area (TPSA) is 12.0 Å². The zero-order valence-corrected chi connectivity index (χ0v) is 12.3. The van der Waals surface area contributed by atoms with Gasteiger partial charge in [0.25, 0.3) is 0 Å². The van der Waals surface area contributed by atoms with Gasteiger partial charge in [0, 0.05) is 10.5 Å². The Morgan fingerprint density at radius 2 is 1.75 bits per heavy atom. The molecule has 2 aromatic rings. The van der Waals surface area contributed by atoms with Crippen molar-refractivity contribution >= 4 is 15.9 Å². The van der Waals surface area contributed by atoms with E-state index >= 15 is 0 Å². The summed E-state index contributed by atoms with van der Waals surface area (Å²) in [5.41, 5.74) is 1.09. The summed E-state index contributed by atoms with van der Waals surface area (Å²) in [5.74, 6) is -2.13. The van der Waals surface area contributed by atoms with Crippen molar-refractivity contribution in [2.75, 3.05) is 7.05 Å². The fourth-order valence-corrected chi connectivity index (χ4v) is 2.36. The van der Waals surface area contributed by atoms with Gasteiger partial charge in [0.2, 0.25) is 0 Å². The summed E-state index contributed by atoms with van der Waals surface area (Å²) >= 11 is 3.20. The third-order valence-corrected chi connectivity index (χ3v) is 3.63. The van der Waals surface area contributed by atoms with Crippen molar-refractivity contribution in [2.45, 2.75) is 12.5 Å².